The second-order valence-corrected chi connectivity index (χ2v) is 6.35. The van der Waals surface area contributed by atoms with Crippen LogP contribution in [0.3, 0.4) is 0 Å². The minimum absolute atomic E-state index is 0.247. The predicted molar refractivity (Wildman–Crippen MR) is 80.9 cm³/mol. The van der Waals surface area contributed by atoms with Gasteiger partial charge in [-0.2, -0.15) is 0 Å². The summed E-state index contributed by atoms with van der Waals surface area (Å²) in [5.41, 5.74) is 7.28. The summed E-state index contributed by atoms with van der Waals surface area (Å²) in [5.74, 6) is 1.04. The molecule has 0 amide bonds. The second kappa shape index (κ2) is 5.66. The third kappa shape index (κ3) is 2.79. The highest BCUT2D eigenvalue weighted by atomic mass is 79.9. The summed E-state index contributed by atoms with van der Waals surface area (Å²) >= 11 is 3.37. The minimum atomic E-state index is -0.247. The predicted octanol–water partition coefficient (Wildman–Crippen LogP) is 3.96. The van der Waals surface area contributed by atoms with Crippen LogP contribution in [-0.4, -0.2) is 16.0 Å². The number of nitrogens with two attached hydrogens (primary N) is 1. The molecule has 0 bridgehead atoms. The fourth-order valence-corrected chi connectivity index (χ4v) is 3.22. The number of nitrogens with zero attached hydrogens (tertiary/aromatic N) is 1. The van der Waals surface area contributed by atoms with Crippen LogP contribution in [0.1, 0.15) is 37.4 Å². The zero-order chi connectivity index (χ0) is 14.1. The van der Waals surface area contributed by atoms with Gasteiger partial charge in [0.1, 0.15) is 11.6 Å². The van der Waals surface area contributed by atoms with Crippen LogP contribution in [0.15, 0.2) is 28.9 Å². The average molecular weight is 338 g/mol. The van der Waals surface area contributed by atoms with Crippen molar-refractivity contribution in [3.8, 4) is 11.3 Å². The zero-order valence-corrected chi connectivity index (χ0v) is 12.7. The summed E-state index contributed by atoms with van der Waals surface area (Å²) in [7, 11) is 0. The lowest BCUT2D eigenvalue weighted by molar-refractivity contribution is 0.383. The van der Waals surface area contributed by atoms with E-state index in [0.717, 1.165) is 41.7 Å². The van der Waals surface area contributed by atoms with E-state index in [1.54, 1.807) is 18.3 Å². The molecule has 1 heterocycles. The third-order valence-electron chi connectivity index (χ3n) is 3.92. The first-order valence-electron chi connectivity index (χ1n) is 6.89. The van der Waals surface area contributed by atoms with Crippen molar-refractivity contribution in [2.24, 2.45) is 5.73 Å². The van der Waals surface area contributed by atoms with Crippen LogP contribution in [0.4, 0.5) is 4.39 Å². The lowest BCUT2D eigenvalue weighted by Crippen LogP contribution is -2.27. The lowest BCUT2D eigenvalue weighted by Gasteiger charge is -2.24. The highest BCUT2D eigenvalue weighted by Gasteiger charge is 2.23. The maximum Gasteiger partial charge on any atom is 0.132 e. The molecule has 1 aliphatic rings. The van der Waals surface area contributed by atoms with Gasteiger partial charge in [-0.05, 0) is 37.5 Å². The molecule has 0 saturated heterocycles. The van der Waals surface area contributed by atoms with Crippen molar-refractivity contribution in [1.82, 2.24) is 9.97 Å². The molecule has 0 radical (unpaired) electrons. The standard InChI is InChI=1S/C15H17BrFN3/c16-10-4-5-13(17)12(7-10)14-8-19-15(20-14)9-2-1-3-11(18)6-9/h4-5,7-9,11H,1-3,6,18H2,(H,19,20). The van der Waals surface area contributed by atoms with Gasteiger partial charge in [0.15, 0.2) is 0 Å². The molecule has 1 saturated carbocycles. The molecule has 3 rings (SSSR count). The largest absolute Gasteiger partial charge is 0.342 e. The molecule has 20 heavy (non-hydrogen) atoms. The Morgan fingerprint density at radius 2 is 2.20 bits per heavy atom. The van der Waals surface area contributed by atoms with Gasteiger partial charge < -0.3 is 10.7 Å². The molecule has 3 nitrogen and oxygen atoms in total. The van der Waals surface area contributed by atoms with Crippen molar-refractivity contribution in [1.29, 1.82) is 0 Å². The molecular weight excluding hydrogens is 321 g/mol. The fraction of sp³-hybridized carbons (Fsp3) is 0.400. The van der Waals surface area contributed by atoms with E-state index in [1.165, 1.54) is 6.07 Å². The molecule has 2 aromatic rings. The zero-order valence-electron chi connectivity index (χ0n) is 11.1. The highest BCUT2D eigenvalue weighted by Crippen LogP contribution is 2.32. The number of rotatable bonds is 2. The number of H-pyrrole nitrogens is 1. The molecule has 0 aliphatic heterocycles. The summed E-state index contributed by atoms with van der Waals surface area (Å²) in [5, 5.41) is 0. The van der Waals surface area contributed by atoms with Crippen molar-refractivity contribution in [3.63, 3.8) is 0 Å². The number of aromatic amines is 1. The molecular formula is C15H17BrFN3. The Bertz CT molecular complexity index is 611. The summed E-state index contributed by atoms with van der Waals surface area (Å²) < 4.78 is 14.7. The van der Waals surface area contributed by atoms with Gasteiger partial charge in [0.25, 0.3) is 0 Å². The van der Waals surface area contributed by atoms with E-state index in [9.17, 15) is 4.39 Å². The number of imidazole rings is 1. The van der Waals surface area contributed by atoms with Crippen molar-refractivity contribution < 1.29 is 4.39 Å². The quantitative estimate of drug-likeness (QED) is 0.871. The van der Waals surface area contributed by atoms with Crippen molar-refractivity contribution in [2.45, 2.75) is 37.6 Å². The van der Waals surface area contributed by atoms with Gasteiger partial charge in [-0.15, -0.1) is 0 Å². The second-order valence-electron chi connectivity index (χ2n) is 5.43. The topological polar surface area (TPSA) is 54.7 Å². The maximum absolute atomic E-state index is 13.9. The van der Waals surface area contributed by atoms with Crippen LogP contribution < -0.4 is 5.73 Å². The molecule has 2 unspecified atom stereocenters. The van der Waals surface area contributed by atoms with Crippen LogP contribution in [0.5, 0.6) is 0 Å². The summed E-state index contributed by atoms with van der Waals surface area (Å²) in [6.07, 6.45) is 5.98. The number of hydrogen-bond acceptors (Lipinski definition) is 2. The van der Waals surface area contributed by atoms with Gasteiger partial charge in [0.05, 0.1) is 11.9 Å². The third-order valence-corrected chi connectivity index (χ3v) is 4.41. The van der Waals surface area contributed by atoms with Crippen molar-refractivity contribution in [2.75, 3.05) is 0 Å². The van der Waals surface area contributed by atoms with Gasteiger partial charge in [-0.3, -0.25) is 0 Å². The van der Waals surface area contributed by atoms with Gasteiger partial charge in [0, 0.05) is 22.0 Å². The first-order chi connectivity index (χ1) is 9.63. The Kier molecular flexibility index (Phi) is 3.89. The van der Waals surface area contributed by atoms with Crippen LogP contribution in [0.25, 0.3) is 11.3 Å². The molecule has 106 valence electrons. The molecule has 3 N–H and O–H groups in total. The Balaban J connectivity index is 1.88. The maximum atomic E-state index is 13.9. The fourth-order valence-electron chi connectivity index (χ4n) is 2.86. The highest BCUT2D eigenvalue weighted by molar-refractivity contribution is 9.10. The van der Waals surface area contributed by atoms with Crippen LogP contribution in [-0.2, 0) is 0 Å². The number of hydrogen-bond donors (Lipinski definition) is 2. The van der Waals surface area contributed by atoms with Gasteiger partial charge in [0.2, 0.25) is 0 Å². The number of halogens is 2. The lowest BCUT2D eigenvalue weighted by atomic mass is 9.86. The normalized spacial score (nSPS) is 22.9. The van der Waals surface area contributed by atoms with Crippen molar-refractivity contribution in [3.05, 3.63) is 40.5 Å². The van der Waals surface area contributed by atoms with E-state index in [2.05, 4.69) is 25.9 Å². The van der Waals surface area contributed by atoms with Gasteiger partial charge in [-0.1, -0.05) is 22.4 Å². The van der Waals surface area contributed by atoms with E-state index in [-0.39, 0.29) is 11.9 Å². The molecule has 5 heteroatoms. The van der Waals surface area contributed by atoms with E-state index in [1.807, 2.05) is 0 Å². The molecule has 1 aliphatic carbocycles. The van der Waals surface area contributed by atoms with Gasteiger partial charge >= 0.3 is 0 Å². The SMILES string of the molecule is NC1CCCC(c2ncc(-c3cc(Br)ccc3F)[nH]2)C1. The van der Waals surface area contributed by atoms with Crippen LogP contribution in [0.2, 0.25) is 0 Å². The van der Waals surface area contributed by atoms with E-state index in [4.69, 9.17) is 5.73 Å². The first-order valence-corrected chi connectivity index (χ1v) is 7.68. The Morgan fingerprint density at radius 1 is 1.35 bits per heavy atom. The van der Waals surface area contributed by atoms with Crippen LogP contribution >= 0.6 is 15.9 Å². The smallest absolute Gasteiger partial charge is 0.132 e. The monoisotopic (exact) mass is 337 g/mol. The Hall–Kier alpha value is -1.20. The van der Waals surface area contributed by atoms with E-state index in [0.29, 0.717) is 11.5 Å². The molecule has 0 spiro atoms. The molecule has 1 aromatic heterocycles. The molecule has 1 fully saturated rings. The average Bonchev–Trinajstić information content (AvgIpc) is 2.91. The van der Waals surface area contributed by atoms with Crippen LogP contribution in [0, 0.1) is 5.82 Å². The van der Waals surface area contributed by atoms with E-state index < -0.39 is 0 Å². The molecule has 2 atom stereocenters. The van der Waals surface area contributed by atoms with Gasteiger partial charge in [-0.25, -0.2) is 9.37 Å². The molecule has 1 aromatic carbocycles. The number of aromatic nitrogens is 2. The summed E-state index contributed by atoms with van der Waals surface area (Å²) in [6, 6.07) is 5.16. The van der Waals surface area contributed by atoms with E-state index >= 15 is 0 Å². The number of nitrogens with one attached hydrogen (secondary N) is 1. The first kappa shape index (κ1) is 13.8. The summed E-state index contributed by atoms with van der Waals surface area (Å²) in [6.45, 7) is 0. The van der Waals surface area contributed by atoms with Crippen molar-refractivity contribution >= 4 is 15.9 Å². The Morgan fingerprint density at radius 3 is 3.00 bits per heavy atom. The number of benzene rings is 1. The minimum Gasteiger partial charge on any atom is -0.342 e. The summed E-state index contributed by atoms with van der Waals surface area (Å²) in [4.78, 5) is 7.69. The Labute approximate surface area is 125 Å².